The van der Waals surface area contributed by atoms with Gasteiger partial charge < -0.3 is 4.57 Å². The predicted octanol–water partition coefficient (Wildman–Crippen LogP) is 4.93. The monoisotopic (exact) mass is 334 g/mol. The summed E-state index contributed by atoms with van der Waals surface area (Å²) < 4.78 is 15.6. The van der Waals surface area contributed by atoms with Gasteiger partial charge >= 0.3 is 0 Å². The van der Waals surface area contributed by atoms with Crippen LogP contribution in [0.2, 0.25) is 0 Å². The van der Waals surface area contributed by atoms with E-state index in [1.165, 1.54) is 16.8 Å². The molecule has 1 aromatic heterocycles. The summed E-state index contributed by atoms with van der Waals surface area (Å²) in [5.41, 5.74) is 5.08. The van der Waals surface area contributed by atoms with Gasteiger partial charge in [0.25, 0.3) is 0 Å². The summed E-state index contributed by atoms with van der Waals surface area (Å²) in [5.74, 6) is -0.177. The second kappa shape index (κ2) is 6.85. The van der Waals surface area contributed by atoms with Gasteiger partial charge in [0.1, 0.15) is 5.82 Å². The summed E-state index contributed by atoms with van der Waals surface area (Å²) in [5, 5.41) is 0. The van der Waals surface area contributed by atoms with Crippen molar-refractivity contribution in [2.24, 2.45) is 0 Å². The van der Waals surface area contributed by atoms with Crippen molar-refractivity contribution in [1.29, 1.82) is 0 Å². The molecule has 0 saturated carbocycles. The van der Waals surface area contributed by atoms with Gasteiger partial charge in [-0.05, 0) is 48.7 Å². The fourth-order valence-corrected chi connectivity index (χ4v) is 3.76. The first-order chi connectivity index (χ1) is 12.2. The number of halogens is 1. The van der Waals surface area contributed by atoms with E-state index < -0.39 is 0 Å². The smallest absolute Gasteiger partial charge is 0.123 e. The third-order valence-corrected chi connectivity index (χ3v) is 5.05. The predicted molar refractivity (Wildman–Crippen MR) is 98.9 cm³/mol. The van der Waals surface area contributed by atoms with E-state index in [-0.39, 0.29) is 11.9 Å². The van der Waals surface area contributed by atoms with Gasteiger partial charge in [-0.1, -0.05) is 42.0 Å². The Morgan fingerprint density at radius 2 is 1.72 bits per heavy atom. The SMILES string of the molecule is Cc1ccc([C@H]2c3cccn3CCCN2Cc2ccc(F)cc2)cc1. The normalized spacial score (nSPS) is 17.9. The Morgan fingerprint density at radius 3 is 2.48 bits per heavy atom. The number of rotatable bonds is 3. The number of nitrogens with zero attached hydrogens (tertiary/aromatic N) is 2. The molecule has 0 N–H and O–H groups in total. The molecule has 1 atom stereocenters. The Morgan fingerprint density at radius 1 is 0.960 bits per heavy atom. The number of fused-ring (bicyclic) bond motifs is 1. The minimum Gasteiger partial charge on any atom is -0.350 e. The average Bonchev–Trinajstić information content (AvgIpc) is 3.00. The Labute approximate surface area is 148 Å². The fraction of sp³-hybridized carbons (Fsp3) is 0.273. The van der Waals surface area contributed by atoms with Gasteiger partial charge in [0.15, 0.2) is 0 Å². The molecule has 3 heteroatoms. The number of aromatic nitrogens is 1. The van der Waals surface area contributed by atoms with Gasteiger partial charge in [0.05, 0.1) is 6.04 Å². The number of hydrogen-bond donors (Lipinski definition) is 0. The molecule has 0 unspecified atom stereocenters. The molecule has 1 aliphatic rings. The van der Waals surface area contributed by atoms with Gasteiger partial charge in [-0.15, -0.1) is 0 Å². The number of aryl methyl sites for hydroxylation is 2. The molecule has 2 aromatic carbocycles. The lowest BCUT2D eigenvalue weighted by Gasteiger charge is -2.30. The average molecular weight is 334 g/mol. The Balaban J connectivity index is 1.72. The topological polar surface area (TPSA) is 8.17 Å². The van der Waals surface area contributed by atoms with Crippen LogP contribution >= 0.6 is 0 Å². The molecule has 0 saturated heterocycles. The summed E-state index contributed by atoms with van der Waals surface area (Å²) in [6.45, 7) is 5.02. The third kappa shape index (κ3) is 3.38. The lowest BCUT2D eigenvalue weighted by Crippen LogP contribution is -2.29. The maximum absolute atomic E-state index is 13.2. The van der Waals surface area contributed by atoms with Crippen molar-refractivity contribution in [2.45, 2.75) is 32.5 Å². The Hall–Kier alpha value is -2.39. The van der Waals surface area contributed by atoms with Crippen molar-refractivity contribution in [3.8, 4) is 0 Å². The van der Waals surface area contributed by atoms with Crippen LogP contribution in [0.5, 0.6) is 0 Å². The van der Waals surface area contributed by atoms with E-state index in [4.69, 9.17) is 0 Å². The summed E-state index contributed by atoms with van der Waals surface area (Å²) in [7, 11) is 0. The maximum atomic E-state index is 13.2. The van der Waals surface area contributed by atoms with E-state index in [1.54, 1.807) is 12.1 Å². The van der Waals surface area contributed by atoms with Gasteiger partial charge in [-0.2, -0.15) is 0 Å². The molecular formula is C22H23FN2. The molecule has 1 aliphatic heterocycles. The highest BCUT2D eigenvalue weighted by atomic mass is 19.1. The minimum atomic E-state index is -0.177. The molecule has 3 aromatic rings. The maximum Gasteiger partial charge on any atom is 0.123 e. The Bertz CT molecular complexity index is 833. The first kappa shape index (κ1) is 16.1. The van der Waals surface area contributed by atoms with E-state index in [2.05, 4.69) is 59.0 Å². The quantitative estimate of drug-likeness (QED) is 0.659. The van der Waals surface area contributed by atoms with Crippen molar-refractivity contribution >= 4 is 0 Å². The lowest BCUT2D eigenvalue weighted by molar-refractivity contribution is 0.220. The molecule has 0 fully saturated rings. The molecule has 2 nitrogen and oxygen atoms in total. The van der Waals surface area contributed by atoms with Crippen LogP contribution in [-0.2, 0) is 13.1 Å². The van der Waals surface area contributed by atoms with E-state index in [0.717, 1.165) is 31.6 Å². The largest absolute Gasteiger partial charge is 0.350 e. The van der Waals surface area contributed by atoms with Gasteiger partial charge in [-0.3, -0.25) is 4.90 Å². The minimum absolute atomic E-state index is 0.177. The highest BCUT2D eigenvalue weighted by Gasteiger charge is 2.27. The van der Waals surface area contributed by atoms with Crippen molar-refractivity contribution in [3.05, 3.63) is 95.1 Å². The molecule has 2 heterocycles. The molecule has 0 amide bonds. The molecule has 0 bridgehead atoms. The van der Waals surface area contributed by atoms with E-state index in [1.807, 2.05) is 12.1 Å². The summed E-state index contributed by atoms with van der Waals surface area (Å²) in [6.07, 6.45) is 3.29. The summed E-state index contributed by atoms with van der Waals surface area (Å²) in [4.78, 5) is 2.51. The lowest BCUT2D eigenvalue weighted by atomic mass is 10.00. The highest BCUT2D eigenvalue weighted by Crippen LogP contribution is 2.33. The van der Waals surface area contributed by atoms with Gasteiger partial charge in [0, 0.05) is 31.5 Å². The van der Waals surface area contributed by atoms with Crippen molar-refractivity contribution in [2.75, 3.05) is 6.54 Å². The molecule has 0 spiro atoms. The van der Waals surface area contributed by atoms with Gasteiger partial charge in [0.2, 0.25) is 0 Å². The molecule has 128 valence electrons. The zero-order valence-electron chi connectivity index (χ0n) is 14.5. The van der Waals surface area contributed by atoms with Crippen molar-refractivity contribution in [1.82, 2.24) is 9.47 Å². The van der Waals surface area contributed by atoms with E-state index in [9.17, 15) is 4.39 Å². The zero-order chi connectivity index (χ0) is 17.2. The Kier molecular flexibility index (Phi) is 4.41. The molecule has 4 rings (SSSR count). The van der Waals surface area contributed by atoms with Crippen LogP contribution in [-0.4, -0.2) is 16.0 Å². The second-order valence-corrected chi connectivity index (χ2v) is 6.89. The van der Waals surface area contributed by atoms with E-state index in [0.29, 0.717) is 0 Å². The summed E-state index contributed by atoms with van der Waals surface area (Å²) >= 11 is 0. The molecule has 25 heavy (non-hydrogen) atoms. The second-order valence-electron chi connectivity index (χ2n) is 6.89. The van der Waals surface area contributed by atoms with Crippen LogP contribution in [0.25, 0.3) is 0 Å². The third-order valence-electron chi connectivity index (χ3n) is 5.05. The van der Waals surface area contributed by atoms with Crippen LogP contribution in [0.4, 0.5) is 4.39 Å². The number of hydrogen-bond acceptors (Lipinski definition) is 1. The first-order valence-electron chi connectivity index (χ1n) is 8.91. The van der Waals surface area contributed by atoms with Gasteiger partial charge in [-0.25, -0.2) is 4.39 Å². The van der Waals surface area contributed by atoms with Crippen LogP contribution in [0.15, 0.2) is 66.9 Å². The van der Waals surface area contributed by atoms with Crippen LogP contribution < -0.4 is 0 Å². The highest BCUT2D eigenvalue weighted by molar-refractivity contribution is 5.32. The first-order valence-corrected chi connectivity index (χ1v) is 8.91. The summed E-state index contributed by atoms with van der Waals surface area (Å²) in [6, 6.07) is 20.3. The number of benzene rings is 2. The molecule has 0 radical (unpaired) electrons. The van der Waals surface area contributed by atoms with Crippen LogP contribution in [0, 0.1) is 12.7 Å². The zero-order valence-corrected chi connectivity index (χ0v) is 14.5. The van der Waals surface area contributed by atoms with Crippen LogP contribution in [0.1, 0.15) is 34.8 Å². The standard InChI is InChI=1S/C22H23FN2/c1-17-5-9-19(10-6-17)22-21-4-2-13-24(21)14-3-15-25(22)16-18-7-11-20(23)12-8-18/h2,4-13,22H,3,14-16H2,1H3/t22-/m0/s1. The van der Waals surface area contributed by atoms with Crippen LogP contribution in [0.3, 0.4) is 0 Å². The van der Waals surface area contributed by atoms with Crippen molar-refractivity contribution in [3.63, 3.8) is 0 Å². The fourth-order valence-electron chi connectivity index (χ4n) is 3.76. The van der Waals surface area contributed by atoms with Crippen molar-refractivity contribution < 1.29 is 4.39 Å². The molecular weight excluding hydrogens is 311 g/mol. The van der Waals surface area contributed by atoms with E-state index >= 15 is 0 Å². The molecule has 0 aliphatic carbocycles.